The normalized spacial score (nSPS) is 14.2. The third-order valence-electron chi connectivity index (χ3n) is 17.9. The van der Waals surface area contributed by atoms with E-state index in [-0.39, 0.29) is 21.7 Å². The van der Waals surface area contributed by atoms with Gasteiger partial charge in [0.25, 0.3) is 0 Å². The van der Waals surface area contributed by atoms with Crippen LogP contribution in [0.4, 0.5) is 0 Å². The predicted molar refractivity (Wildman–Crippen MR) is 409 cm³/mol. The van der Waals surface area contributed by atoms with Gasteiger partial charge in [0.1, 0.15) is 28.8 Å². The molecule has 93 heavy (non-hydrogen) atoms. The Bertz CT molecular complexity index is 2780. The summed E-state index contributed by atoms with van der Waals surface area (Å²) in [7, 11) is 0. The first-order valence-corrected chi connectivity index (χ1v) is 37.0. The zero-order valence-corrected chi connectivity index (χ0v) is 67.4. The molecule has 0 aliphatic rings. The highest BCUT2D eigenvalue weighted by molar-refractivity contribution is 7.10. The summed E-state index contributed by atoms with van der Waals surface area (Å²) in [6.45, 7) is 79.2. The smallest absolute Gasteiger partial charge is 0.107 e. The number of thiophene rings is 1. The van der Waals surface area contributed by atoms with Crippen LogP contribution in [0.3, 0.4) is 0 Å². The van der Waals surface area contributed by atoms with Crippen LogP contribution in [0.15, 0.2) is 144 Å². The van der Waals surface area contributed by atoms with Crippen molar-refractivity contribution in [3.63, 3.8) is 0 Å². The van der Waals surface area contributed by atoms with E-state index in [1.807, 2.05) is 48.3 Å². The van der Waals surface area contributed by atoms with Gasteiger partial charge in [0.05, 0.1) is 31.3 Å². The van der Waals surface area contributed by atoms with E-state index >= 15 is 0 Å². The number of rotatable bonds is 17. The highest BCUT2D eigenvalue weighted by Crippen LogP contribution is 2.46. The SMILES string of the molecule is CC(C)[C@@H](c1ccco1)C(C)(C)C.CC(C)[C@@H](c1cccs1)C(C)(C)C.CC(C)c1ccccc1.CC(C)c1coc([C@H](C(C)C)C(C)(C)C)c1.CC(C)c1coc([C@H](C(C)C)C(C)(C)C)c1.CC[C@H](c1ccco1)C(C)C.CCc1coc([C@H](C(C)C)C(C)(C)C)c1. The average molecular weight is 1300 g/mol. The molecule has 0 aliphatic heterocycles. The Kier molecular flexibility index (Phi) is 36.7. The van der Waals surface area contributed by atoms with Crippen LogP contribution in [0, 0.1) is 62.6 Å². The summed E-state index contributed by atoms with van der Waals surface area (Å²) in [4.78, 5) is 1.53. The molecule has 7 rings (SSSR count). The number of hydrogen-bond donors (Lipinski definition) is 0. The Balaban J connectivity index is 0.000000546. The molecule has 0 spiro atoms. The summed E-state index contributed by atoms with van der Waals surface area (Å²) in [6, 6.07) is 29.7. The van der Waals surface area contributed by atoms with Gasteiger partial charge >= 0.3 is 0 Å². The van der Waals surface area contributed by atoms with Crippen molar-refractivity contribution in [2.24, 2.45) is 62.6 Å². The molecule has 0 saturated heterocycles. The van der Waals surface area contributed by atoms with Crippen molar-refractivity contribution in [1.29, 1.82) is 0 Å². The van der Waals surface area contributed by atoms with Crippen molar-refractivity contribution in [1.82, 2.24) is 0 Å². The van der Waals surface area contributed by atoms with Gasteiger partial charge in [0.15, 0.2) is 0 Å². The molecule has 1 aromatic carbocycles. The lowest BCUT2D eigenvalue weighted by Crippen LogP contribution is -2.22. The molecular formula is C87H144O5S. The molecule has 0 bridgehead atoms. The fraction of sp³-hybridized carbons (Fsp3) is 0.655. The van der Waals surface area contributed by atoms with E-state index in [2.05, 4.69) is 314 Å². The molecule has 0 N–H and O–H groups in total. The second kappa shape index (κ2) is 39.5. The molecule has 6 atom stereocenters. The average Bonchev–Trinajstić information content (AvgIpc) is 1.79. The van der Waals surface area contributed by atoms with Gasteiger partial charge in [0, 0.05) is 40.4 Å². The first kappa shape index (κ1) is 86.3. The van der Waals surface area contributed by atoms with E-state index in [0.717, 1.165) is 47.6 Å². The van der Waals surface area contributed by atoms with Gasteiger partial charge < -0.3 is 22.1 Å². The zero-order chi connectivity index (χ0) is 71.7. The molecule has 0 aliphatic carbocycles. The Labute approximate surface area is 578 Å². The molecule has 0 amide bonds. The fourth-order valence-corrected chi connectivity index (χ4v) is 15.7. The van der Waals surface area contributed by atoms with Crippen molar-refractivity contribution >= 4 is 11.3 Å². The number of furan rings is 5. The molecule has 6 heterocycles. The lowest BCUT2D eigenvalue weighted by molar-refractivity contribution is 0.224. The third kappa shape index (κ3) is 30.1. The van der Waals surface area contributed by atoms with Gasteiger partial charge in [-0.15, -0.1) is 11.3 Å². The fourth-order valence-electron chi connectivity index (χ4n) is 14.5. The van der Waals surface area contributed by atoms with Crippen LogP contribution in [0.2, 0.25) is 0 Å². The highest BCUT2D eigenvalue weighted by Gasteiger charge is 2.35. The molecule has 0 unspecified atom stereocenters. The quantitative estimate of drug-likeness (QED) is 0.0909. The van der Waals surface area contributed by atoms with Crippen molar-refractivity contribution in [3.05, 3.63) is 178 Å². The van der Waals surface area contributed by atoms with E-state index in [9.17, 15) is 0 Å². The minimum atomic E-state index is 0.250. The number of aryl methyl sites for hydroxylation is 1. The Morgan fingerprint density at radius 1 is 0.323 bits per heavy atom. The maximum absolute atomic E-state index is 5.78. The lowest BCUT2D eigenvalue weighted by atomic mass is 9.73. The molecule has 0 radical (unpaired) electrons. The van der Waals surface area contributed by atoms with Gasteiger partial charge in [-0.05, 0) is 169 Å². The van der Waals surface area contributed by atoms with E-state index < -0.39 is 0 Å². The summed E-state index contributed by atoms with van der Waals surface area (Å²) in [5.74, 6) is 14.5. The van der Waals surface area contributed by atoms with Gasteiger partial charge in [-0.25, -0.2) is 0 Å². The van der Waals surface area contributed by atoms with E-state index in [4.69, 9.17) is 22.1 Å². The van der Waals surface area contributed by atoms with E-state index in [1.165, 1.54) is 27.1 Å². The summed E-state index contributed by atoms with van der Waals surface area (Å²) >= 11 is 1.89. The van der Waals surface area contributed by atoms with E-state index in [1.54, 1.807) is 12.5 Å². The standard InChI is InChI=1S/2C15H26O.C14H24O.C12H20O.C12H20S.C10H16O.C9H12/c2*1-10(2)12-8-13(16-9-12)14(11(3)4)15(5,6)7;1-7-11-8-12(15-9-11)13(10(2)3)14(4,5)6;2*1-9(2)11(12(3,4)5)10-7-6-8-13-10;1-4-9(8(2)3)10-6-5-7-11-10;1-8(2)9-6-4-3-5-7-9/h2*8-11,14H,1-7H3;8-10,13H,7H2,1-6H3;2*6-9,11H,1-5H3;5-9H,4H2,1-3H3;3-8H,1-2H3/t2*14-;13-;2*11-;9-;/m000000./s1. The number of hydrogen-bond acceptors (Lipinski definition) is 6. The summed E-state index contributed by atoms with van der Waals surface area (Å²) in [6.07, 6.45) is 11.5. The Morgan fingerprint density at radius 2 is 0.667 bits per heavy atom. The van der Waals surface area contributed by atoms with Crippen molar-refractivity contribution in [2.45, 2.75) is 308 Å². The molecule has 6 aromatic heterocycles. The van der Waals surface area contributed by atoms with Crippen LogP contribution in [0.25, 0.3) is 0 Å². The second-order valence-electron chi connectivity index (χ2n) is 34.9. The molecule has 0 fully saturated rings. The van der Waals surface area contributed by atoms with Gasteiger partial charge in [-0.2, -0.15) is 0 Å². The minimum absolute atomic E-state index is 0.250. The van der Waals surface area contributed by atoms with Crippen LogP contribution >= 0.6 is 11.3 Å². The molecule has 528 valence electrons. The third-order valence-corrected chi connectivity index (χ3v) is 18.9. The topological polar surface area (TPSA) is 65.7 Å². The minimum Gasteiger partial charge on any atom is -0.469 e. The molecule has 0 saturated carbocycles. The Morgan fingerprint density at radius 3 is 0.914 bits per heavy atom. The van der Waals surface area contributed by atoms with Crippen LogP contribution in [0.1, 0.15) is 358 Å². The zero-order valence-electron chi connectivity index (χ0n) is 66.6. The van der Waals surface area contributed by atoms with Crippen LogP contribution < -0.4 is 0 Å². The molecule has 7 aromatic rings. The maximum Gasteiger partial charge on any atom is 0.107 e. The molecular weight excluding hydrogens is 1160 g/mol. The first-order valence-electron chi connectivity index (χ1n) is 36.1. The highest BCUT2D eigenvalue weighted by atomic mass is 32.1. The van der Waals surface area contributed by atoms with Crippen LogP contribution in [-0.2, 0) is 6.42 Å². The summed E-state index contributed by atoms with van der Waals surface area (Å²) in [5.41, 5.74) is 6.75. The number of benzene rings is 1. The monoisotopic (exact) mass is 1300 g/mol. The first-order chi connectivity index (χ1) is 42.7. The van der Waals surface area contributed by atoms with Gasteiger partial charge in [-0.1, -0.05) is 279 Å². The maximum atomic E-state index is 5.78. The molecule has 5 nitrogen and oxygen atoms in total. The van der Waals surface area contributed by atoms with Gasteiger partial charge in [0.2, 0.25) is 0 Å². The predicted octanol–water partition coefficient (Wildman–Crippen LogP) is 29.8. The van der Waals surface area contributed by atoms with Crippen LogP contribution in [-0.4, -0.2) is 0 Å². The van der Waals surface area contributed by atoms with Crippen molar-refractivity contribution in [2.75, 3.05) is 0 Å². The van der Waals surface area contributed by atoms with Crippen LogP contribution in [0.5, 0.6) is 0 Å². The van der Waals surface area contributed by atoms with Gasteiger partial charge in [-0.3, -0.25) is 0 Å². The largest absolute Gasteiger partial charge is 0.469 e. The molecule has 6 heteroatoms. The van der Waals surface area contributed by atoms with Crippen molar-refractivity contribution in [3.8, 4) is 0 Å². The summed E-state index contributed by atoms with van der Waals surface area (Å²) < 4.78 is 28.1. The Hall–Kier alpha value is -4.68. The van der Waals surface area contributed by atoms with Crippen molar-refractivity contribution < 1.29 is 22.1 Å². The lowest BCUT2D eigenvalue weighted by Gasteiger charge is -2.33. The van der Waals surface area contributed by atoms with E-state index in [0.29, 0.717) is 88.3 Å². The second-order valence-corrected chi connectivity index (χ2v) is 35.9. The summed E-state index contributed by atoms with van der Waals surface area (Å²) in [5, 5.41) is 2.18.